The van der Waals surface area contributed by atoms with E-state index in [4.69, 9.17) is 9.47 Å². The number of rotatable bonds is 7. The highest BCUT2D eigenvalue weighted by molar-refractivity contribution is 5.66. The second-order valence-electron chi connectivity index (χ2n) is 3.99. The molecule has 1 aromatic heterocycles. The van der Waals surface area contributed by atoms with Gasteiger partial charge < -0.3 is 14.8 Å². The van der Waals surface area contributed by atoms with E-state index in [0.29, 0.717) is 13.2 Å². The first-order chi connectivity index (χ1) is 10.6. The molecule has 0 radical (unpaired) electrons. The molecule has 0 saturated carbocycles. The van der Waals surface area contributed by atoms with E-state index in [1.807, 2.05) is 0 Å². The van der Waals surface area contributed by atoms with Gasteiger partial charge in [-0.05, 0) is 19.9 Å². The summed E-state index contributed by atoms with van der Waals surface area (Å²) >= 11 is 0. The largest absolute Gasteiger partial charge is 0.464 e. The van der Waals surface area contributed by atoms with Gasteiger partial charge in [-0.3, -0.25) is 10.1 Å². The molecule has 9 heteroatoms. The van der Waals surface area contributed by atoms with Gasteiger partial charge in [0.25, 0.3) is 5.69 Å². The number of nitrogens with one attached hydrogen (secondary N) is 1. The number of nitrogens with zero attached hydrogens (tertiary/aromatic N) is 4. The van der Waals surface area contributed by atoms with E-state index in [1.54, 1.807) is 32.0 Å². The van der Waals surface area contributed by atoms with Gasteiger partial charge in [0, 0.05) is 6.07 Å². The molecule has 0 bridgehead atoms. The predicted molar refractivity (Wildman–Crippen MR) is 78.5 cm³/mol. The highest BCUT2D eigenvalue weighted by Gasteiger charge is 2.15. The van der Waals surface area contributed by atoms with Crippen LogP contribution in [0.3, 0.4) is 0 Å². The summed E-state index contributed by atoms with van der Waals surface area (Å²) in [4.78, 5) is 22.6. The highest BCUT2D eigenvalue weighted by Crippen LogP contribution is 2.26. The van der Waals surface area contributed by atoms with Crippen molar-refractivity contribution >= 4 is 17.3 Å². The predicted octanol–water partition coefficient (Wildman–Crippen LogP) is 2.32. The summed E-state index contributed by atoms with van der Waals surface area (Å²) in [6, 6.07) is 6.36. The first-order valence-electron chi connectivity index (χ1n) is 6.66. The van der Waals surface area contributed by atoms with Gasteiger partial charge in [-0.15, -0.1) is 4.98 Å². The molecule has 2 aromatic rings. The maximum absolute atomic E-state index is 11.0. The number of hydrogen-bond donors (Lipinski definition) is 1. The van der Waals surface area contributed by atoms with E-state index >= 15 is 0 Å². The zero-order chi connectivity index (χ0) is 15.9. The van der Waals surface area contributed by atoms with Crippen LogP contribution in [0.1, 0.15) is 13.8 Å². The van der Waals surface area contributed by atoms with Gasteiger partial charge >= 0.3 is 12.0 Å². The van der Waals surface area contributed by atoms with Crippen molar-refractivity contribution in [1.29, 1.82) is 0 Å². The molecule has 1 heterocycles. The number of para-hydroxylation sites is 2. The molecule has 0 amide bonds. The van der Waals surface area contributed by atoms with Crippen molar-refractivity contribution < 1.29 is 14.4 Å². The second-order valence-corrected chi connectivity index (χ2v) is 3.99. The average molecular weight is 305 g/mol. The summed E-state index contributed by atoms with van der Waals surface area (Å²) in [5.41, 5.74) is 0.183. The summed E-state index contributed by atoms with van der Waals surface area (Å²) in [5, 5.41) is 13.8. The molecule has 0 spiro atoms. The first kappa shape index (κ1) is 15.4. The molecule has 0 saturated heterocycles. The maximum Gasteiger partial charge on any atom is 0.324 e. The highest BCUT2D eigenvalue weighted by atomic mass is 16.6. The Balaban J connectivity index is 2.34. The van der Waals surface area contributed by atoms with Crippen LogP contribution < -0.4 is 14.8 Å². The zero-order valence-electron chi connectivity index (χ0n) is 12.1. The van der Waals surface area contributed by atoms with Crippen LogP contribution in [0.5, 0.6) is 12.0 Å². The van der Waals surface area contributed by atoms with Crippen molar-refractivity contribution in [1.82, 2.24) is 15.0 Å². The molecule has 1 N–H and O–H groups in total. The van der Waals surface area contributed by atoms with Crippen LogP contribution in [0.15, 0.2) is 24.3 Å². The molecule has 116 valence electrons. The van der Waals surface area contributed by atoms with E-state index in [0.717, 1.165) is 0 Å². The minimum atomic E-state index is -0.490. The monoisotopic (exact) mass is 305 g/mol. The average Bonchev–Trinajstić information content (AvgIpc) is 2.48. The van der Waals surface area contributed by atoms with Gasteiger partial charge in [-0.2, -0.15) is 9.97 Å². The van der Waals surface area contributed by atoms with Gasteiger partial charge in [0.15, 0.2) is 0 Å². The fraction of sp³-hybridized carbons (Fsp3) is 0.308. The molecular formula is C13H15N5O4. The van der Waals surface area contributed by atoms with Crippen molar-refractivity contribution in [2.24, 2.45) is 0 Å². The van der Waals surface area contributed by atoms with Crippen LogP contribution in [0.4, 0.5) is 17.3 Å². The van der Waals surface area contributed by atoms with E-state index in [2.05, 4.69) is 20.3 Å². The summed E-state index contributed by atoms with van der Waals surface area (Å²) in [5.74, 6) is 0.108. The van der Waals surface area contributed by atoms with Crippen molar-refractivity contribution in [2.45, 2.75) is 13.8 Å². The number of ether oxygens (including phenoxy) is 2. The Morgan fingerprint density at radius 3 is 2.23 bits per heavy atom. The number of nitro benzene ring substituents is 1. The fourth-order valence-electron chi connectivity index (χ4n) is 1.64. The number of aromatic nitrogens is 3. The number of nitro groups is 1. The van der Waals surface area contributed by atoms with Gasteiger partial charge in [-0.1, -0.05) is 12.1 Å². The lowest BCUT2D eigenvalue weighted by Crippen LogP contribution is -2.07. The van der Waals surface area contributed by atoms with Crippen molar-refractivity contribution in [3.63, 3.8) is 0 Å². The van der Waals surface area contributed by atoms with Crippen molar-refractivity contribution in [2.75, 3.05) is 18.5 Å². The summed E-state index contributed by atoms with van der Waals surface area (Å²) in [6.45, 7) is 4.33. The van der Waals surface area contributed by atoms with Gasteiger partial charge in [0.05, 0.1) is 18.1 Å². The van der Waals surface area contributed by atoms with Crippen LogP contribution in [-0.4, -0.2) is 33.1 Å². The van der Waals surface area contributed by atoms with E-state index in [9.17, 15) is 10.1 Å². The lowest BCUT2D eigenvalue weighted by molar-refractivity contribution is -0.383. The first-order valence-corrected chi connectivity index (χ1v) is 6.66. The van der Waals surface area contributed by atoms with E-state index < -0.39 is 4.92 Å². The number of anilines is 2. The quantitative estimate of drug-likeness (QED) is 0.612. The summed E-state index contributed by atoms with van der Waals surface area (Å²) < 4.78 is 10.5. The third-order valence-electron chi connectivity index (χ3n) is 2.49. The molecule has 22 heavy (non-hydrogen) atoms. The molecule has 2 rings (SSSR count). The Morgan fingerprint density at radius 2 is 1.68 bits per heavy atom. The molecule has 0 aliphatic rings. The molecule has 0 unspecified atom stereocenters. The second kappa shape index (κ2) is 7.16. The van der Waals surface area contributed by atoms with Gasteiger partial charge in [0.2, 0.25) is 5.95 Å². The Bertz CT molecular complexity index is 640. The smallest absolute Gasteiger partial charge is 0.324 e. The molecule has 1 aromatic carbocycles. The molecule has 0 aliphatic carbocycles. The van der Waals surface area contributed by atoms with Crippen LogP contribution in [0.2, 0.25) is 0 Å². The van der Waals surface area contributed by atoms with E-state index in [1.165, 1.54) is 6.07 Å². The molecule has 9 nitrogen and oxygen atoms in total. The van der Waals surface area contributed by atoms with Gasteiger partial charge in [-0.25, -0.2) is 0 Å². The minimum Gasteiger partial charge on any atom is -0.464 e. The molecule has 0 atom stereocenters. The molecular weight excluding hydrogens is 290 g/mol. The summed E-state index contributed by atoms with van der Waals surface area (Å²) in [7, 11) is 0. The van der Waals surface area contributed by atoms with Crippen LogP contribution in [0, 0.1) is 10.1 Å². The Morgan fingerprint density at radius 1 is 1.09 bits per heavy atom. The lowest BCUT2D eigenvalue weighted by atomic mass is 10.3. The summed E-state index contributed by atoms with van der Waals surface area (Å²) in [6.07, 6.45) is 0. The topological polar surface area (TPSA) is 112 Å². The van der Waals surface area contributed by atoms with Crippen molar-refractivity contribution in [3.8, 4) is 12.0 Å². The zero-order valence-corrected chi connectivity index (χ0v) is 12.1. The van der Waals surface area contributed by atoms with Crippen LogP contribution in [-0.2, 0) is 0 Å². The minimum absolute atomic E-state index is 0.0844. The lowest BCUT2D eigenvalue weighted by Gasteiger charge is -2.09. The Labute approximate surface area is 126 Å². The third-order valence-corrected chi connectivity index (χ3v) is 2.49. The van der Waals surface area contributed by atoms with Gasteiger partial charge in [0.1, 0.15) is 5.69 Å². The van der Waals surface area contributed by atoms with Crippen LogP contribution >= 0.6 is 0 Å². The SMILES string of the molecule is CCOc1nc(Nc2ccccc2[N+](=O)[O-])nc(OCC)n1. The Hall–Kier alpha value is -2.97. The third kappa shape index (κ3) is 3.78. The molecule has 0 aliphatic heterocycles. The normalized spacial score (nSPS) is 10.1. The Kier molecular flexibility index (Phi) is 5.02. The standard InChI is InChI=1S/C13H15N5O4/c1-3-21-12-15-11(16-13(17-12)22-4-2)14-9-7-5-6-8-10(9)18(19)20/h5-8H,3-4H2,1-2H3,(H,14,15,16,17). The molecule has 0 fully saturated rings. The van der Waals surface area contributed by atoms with Crippen LogP contribution in [0.25, 0.3) is 0 Å². The van der Waals surface area contributed by atoms with E-state index in [-0.39, 0.29) is 29.3 Å². The number of benzene rings is 1. The van der Waals surface area contributed by atoms with Crippen molar-refractivity contribution in [3.05, 3.63) is 34.4 Å². The fourth-order valence-corrected chi connectivity index (χ4v) is 1.64. The number of hydrogen-bond acceptors (Lipinski definition) is 8. The maximum atomic E-state index is 11.0.